The van der Waals surface area contributed by atoms with E-state index in [-0.39, 0.29) is 18.1 Å². The lowest BCUT2D eigenvalue weighted by Gasteiger charge is -2.45. The first-order valence-corrected chi connectivity index (χ1v) is 12.2. The highest BCUT2D eigenvalue weighted by atomic mass is 16.3. The summed E-state index contributed by atoms with van der Waals surface area (Å²) in [5.74, 6) is 1.52. The van der Waals surface area contributed by atoms with Crippen LogP contribution in [0.25, 0.3) is 0 Å². The van der Waals surface area contributed by atoms with Crippen molar-refractivity contribution in [3.8, 4) is 0 Å². The van der Waals surface area contributed by atoms with Gasteiger partial charge in [-0.25, -0.2) is 0 Å². The summed E-state index contributed by atoms with van der Waals surface area (Å²) in [6.45, 7) is 10.7. The molecule has 0 radical (unpaired) electrons. The fraction of sp³-hybridized carbons (Fsp3) is 0.778. The molecular formula is C27H44O3. The molecule has 0 aromatic carbocycles. The summed E-state index contributed by atoms with van der Waals surface area (Å²) in [5, 5.41) is 30.3. The molecule has 0 aromatic rings. The van der Waals surface area contributed by atoms with E-state index >= 15 is 0 Å². The van der Waals surface area contributed by atoms with Gasteiger partial charge in [0.25, 0.3) is 0 Å². The van der Waals surface area contributed by atoms with Gasteiger partial charge in [0.2, 0.25) is 0 Å². The minimum atomic E-state index is -0.618. The summed E-state index contributed by atoms with van der Waals surface area (Å²) in [6.07, 6.45) is 15.7. The molecule has 3 N–H and O–H groups in total. The van der Waals surface area contributed by atoms with Gasteiger partial charge < -0.3 is 15.3 Å². The topological polar surface area (TPSA) is 60.7 Å². The maximum atomic E-state index is 10.2. The maximum Gasteiger partial charge on any atom is 0.0591 e. The number of rotatable bonds is 7. The molecule has 3 aliphatic rings. The van der Waals surface area contributed by atoms with Crippen LogP contribution in [0.1, 0.15) is 91.4 Å². The fourth-order valence-electron chi connectivity index (χ4n) is 6.67. The Hall–Kier alpha value is -0.900. The number of hydrogen-bond acceptors (Lipinski definition) is 3. The number of aliphatic hydroxyl groups excluding tert-OH is 2. The Kier molecular flexibility index (Phi) is 7.69. The lowest BCUT2D eigenvalue weighted by Crippen LogP contribution is -2.37. The lowest BCUT2D eigenvalue weighted by atomic mass is 9.60. The van der Waals surface area contributed by atoms with Crippen LogP contribution >= 0.6 is 0 Å². The zero-order valence-corrected chi connectivity index (χ0v) is 19.5. The van der Waals surface area contributed by atoms with Crippen molar-refractivity contribution in [2.45, 2.75) is 103 Å². The van der Waals surface area contributed by atoms with Crippen LogP contribution in [0.5, 0.6) is 0 Å². The first kappa shape index (κ1) is 23.8. The van der Waals surface area contributed by atoms with Crippen molar-refractivity contribution < 1.29 is 15.3 Å². The van der Waals surface area contributed by atoms with Gasteiger partial charge >= 0.3 is 0 Å². The van der Waals surface area contributed by atoms with E-state index < -0.39 is 5.60 Å². The molecule has 3 fully saturated rings. The molecular weight excluding hydrogens is 372 g/mol. The summed E-state index contributed by atoms with van der Waals surface area (Å²) in [6, 6.07) is 0. The third kappa shape index (κ3) is 5.47. The van der Waals surface area contributed by atoms with Gasteiger partial charge in [-0.15, -0.1) is 0 Å². The average molecular weight is 417 g/mol. The van der Waals surface area contributed by atoms with Crippen LogP contribution in [0.3, 0.4) is 0 Å². The Morgan fingerprint density at radius 2 is 1.97 bits per heavy atom. The van der Waals surface area contributed by atoms with E-state index in [2.05, 4.69) is 25.7 Å². The van der Waals surface area contributed by atoms with Gasteiger partial charge in [0, 0.05) is 6.61 Å². The van der Waals surface area contributed by atoms with Gasteiger partial charge in [0.15, 0.2) is 0 Å². The molecule has 3 rings (SSSR count). The van der Waals surface area contributed by atoms with E-state index in [0.717, 1.165) is 38.5 Å². The van der Waals surface area contributed by atoms with Gasteiger partial charge in [0.05, 0.1) is 11.7 Å². The number of fused-ring (bicyclic) bond motifs is 1. The predicted octanol–water partition coefficient (Wildman–Crippen LogP) is 5.71. The van der Waals surface area contributed by atoms with Gasteiger partial charge in [-0.05, 0) is 107 Å². The second-order valence-electron chi connectivity index (χ2n) is 11.2. The molecule has 0 bridgehead atoms. The standard InChI is InChI=1S/C27H44O3/c1-19-9-12-23(29)17-21(19)11-10-20-7-6-16-27(4)24(20)13-14-25(27)22(18-28)8-5-15-26(2,3)30/h10-11,22-25,28-30H,1,5-9,12-18H2,2-4H3/b20-10+,21-11-/t22-,23-,24?,25+,27-/m0/s1. The number of aliphatic hydroxyl groups is 3. The summed E-state index contributed by atoms with van der Waals surface area (Å²) in [5.41, 5.74) is 3.64. The van der Waals surface area contributed by atoms with Crippen LogP contribution in [0.2, 0.25) is 0 Å². The van der Waals surface area contributed by atoms with Crippen LogP contribution in [0.4, 0.5) is 0 Å². The molecule has 30 heavy (non-hydrogen) atoms. The maximum absolute atomic E-state index is 10.2. The third-order valence-corrected chi connectivity index (χ3v) is 8.39. The molecule has 3 aliphatic carbocycles. The molecule has 1 unspecified atom stereocenters. The quantitative estimate of drug-likeness (QED) is 0.498. The third-order valence-electron chi connectivity index (χ3n) is 8.39. The summed E-state index contributed by atoms with van der Waals surface area (Å²) < 4.78 is 0. The average Bonchev–Trinajstić information content (AvgIpc) is 3.02. The highest BCUT2D eigenvalue weighted by molar-refractivity contribution is 5.36. The van der Waals surface area contributed by atoms with Crippen LogP contribution in [-0.2, 0) is 0 Å². The van der Waals surface area contributed by atoms with Crippen LogP contribution in [0, 0.1) is 23.2 Å². The first-order valence-electron chi connectivity index (χ1n) is 12.2. The van der Waals surface area contributed by atoms with Crippen molar-refractivity contribution in [2.24, 2.45) is 23.2 Å². The van der Waals surface area contributed by atoms with Crippen LogP contribution in [-0.4, -0.2) is 33.6 Å². The van der Waals surface area contributed by atoms with E-state index in [4.69, 9.17) is 0 Å². The van der Waals surface area contributed by atoms with Crippen LogP contribution < -0.4 is 0 Å². The number of allylic oxidation sites excluding steroid dienone is 4. The monoisotopic (exact) mass is 416 g/mol. The first-order chi connectivity index (χ1) is 14.1. The molecule has 0 saturated heterocycles. The minimum absolute atomic E-state index is 0.221. The summed E-state index contributed by atoms with van der Waals surface area (Å²) >= 11 is 0. The molecule has 0 amide bonds. The van der Waals surface area contributed by atoms with Crippen molar-refractivity contribution in [2.75, 3.05) is 6.61 Å². The fourth-order valence-corrected chi connectivity index (χ4v) is 6.67. The second kappa shape index (κ2) is 9.71. The Morgan fingerprint density at radius 1 is 1.20 bits per heavy atom. The molecule has 3 heteroatoms. The van der Waals surface area contributed by atoms with Crippen molar-refractivity contribution in [3.05, 3.63) is 35.5 Å². The zero-order valence-electron chi connectivity index (χ0n) is 19.5. The molecule has 3 saturated carbocycles. The van der Waals surface area contributed by atoms with Gasteiger partial charge in [-0.1, -0.05) is 43.2 Å². The Bertz CT molecular complexity index is 668. The molecule has 5 atom stereocenters. The van der Waals surface area contributed by atoms with Crippen molar-refractivity contribution >= 4 is 0 Å². The second-order valence-corrected chi connectivity index (χ2v) is 11.2. The Morgan fingerprint density at radius 3 is 2.67 bits per heavy atom. The molecule has 0 spiro atoms. The summed E-state index contributed by atoms with van der Waals surface area (Å²) in [4.78, 5) is 0. The van der Waals surface area contributed by atoms with Gasteiger partial charge in [-0.3, -0.25) is 0 Å². The Labute approximate surface area is 184 Å². The van der Waals surface area contributed by atoms with E-state index in [9.17, 15) is 15.3 Å². The van der Waals surface area contributed by atoms with E-state index in [1.807, 2.05) is 13.8 Å². The van der Waals surface area contributed by atoms with Gasteiger partial charge in [0.1, 0.15) is 0 Å². The highest BCUT2D eigenvalue weighted by Gasteiger charge is 2.51. The van der Waals surface area contributed by atoms with Gasteiger partial charge in [-0.2, -0.15) is 0 Å². The largest absolute Gasteiger partial charge is 0.396 e. The van der Waals surface area contributed by atoms with Crippen molar-refractivity contribution in [1.82, 2.24) is 0 Å². The number of hydrogen-bond donors (Lipinski definition) is 3. The van der Waals surface area contributed by atoms with E-state index in [0.29, 0.717) is 17.8 Å². The normalized spacial score (nSPS) is 36.3. The molecule has 0 aromatic heterocycles. The summed E-state index contributed by atoms with van der Waals surface area (Å²) in [7, 11) is 0. The molecule has 0 heterocycles. The lowest BCUT2D eigenvalue weighted by molar-refractivity contribution is 0.0418. The minimum Gasteiger partial charge on any atom is -0.396 e. The molecule has 3 nitrogen and oxygen atoms in total. The molecule has 0 aliphatic heterocycles. The molecule has 170 valence electrons. The SMILES string of the molecule is C=C1CC[C@H](O)C/C1=C/C=C1\CCC[C@@]2(C)C1CC[C@@H]2[C@H](CO)CCCC(C)(C)O. The van der Waals surface area contributed by atoms with Crippen LogP contribution in [0.15, 0.2) is 35.5 Å². The van der Waals surface area contributed by atoms with Crippen molar-refractivity contribution in [3.63, 3.8) is 0 Å². The van der Waals surface area contributed by atoms with E-state index in [1.54, 1.807) is 5.57 Å². The van der Waals surface area contributed by atoms with Crippen molar-refractivity contribution in [1.29, 1.82) is 0 Å². The van der Waals surface area contributed by atoms with E-state index in [1.165, 1.54) is 43.3 Å². The zero-order chi connectivity index (χ0) is 21.9. The Balaban J connectivity index is 1.72. The highest BCUT2D eigenvalue weighted by Crippen LogP contribution is 2.60. The smallest absolute Gasteiger partial charge is 0.0591 e. The predicted molar refractivity (Wildman–Crippen MR) is 124 cm³/mol.